The van der Waals surface area contributed by atoms with Crippen molar-refractivity contribution in [3.8, 4) is 0 Å². The Balaban J connectivity index is 2.58. The van der Waals surface area contributed by atoms with E-state index in [0.717, 1.165) is 0 Å². The lowest BCUT2D eigenvalue weighted by atomic mass is 10.2. The number of carbonyl (C=O) groups is 1. The van der Waals surface area contributed by atoms with Gasteiger partial charge in [-0.1, -0.05) is 24.3 Å². The molecule has 0 radical (unpaired) electrons. The number of hydrogen-bond acceptors (Lipinski definition) is 3. The van der Waals surface area contributed by atoms with E-state index >= 15 is 0 Å². The van der Waals surface area contributed by atoms with E-state index in [9.17, 15) is 4.79 Å². The molecule has 0 N–H and O–H groups in total. The minimum Gasteiger partial charge on any atom is -0.463 e. The average Bonchev–Trinajstić information content (AvgIpc) is 2.30. The largest absolute Gasteiger partial charge is 0.463 e. The van der Waals surface area contributed by atoms with Gasteiger partial charge in [-0.3, -0.25) is 0 Å². The van der Waals surface area contributed by atoms with Gasteiger partial charge in [-0.25, -0.2) is 4.79 Å². The van der Waals surface area contributed by atoms with Gasteiger partial charge in [0, 0.05) is 16.2 Å². The first-order valence-corrected chi connectivity index (χ1v) is 6.58. The van der Waals surface area contributed by atoms with E-state index in [0.29, 0.717) is 17.9 Å². The molecule has 0 spiro atoms. The summed E-state index contributed by atoms with van der Waals surface area (Å²) in [5, 5.41) is 0. The van der Waals surface area contributed by atoms with E-state index in [1.54, 1.807) is 18.7 Å². The van der Waals surface area contributed by atoms with Crippen molar-refractivity contribution in [2.45, 2.75) is 25.7 Å². The molecular weight excluding hydrogens is 232 g/mol. The maximum atomic E-state index is 11.4. The Kier molecular flexibility index (Phi) is 5.29. The first-order chi connectivity index (χ1) is 8.04. The molecule has 0 bridgehead atoms. The number of hydrogen-bond donors (Lipinski definition) is 0. The molecule has 0 aromatic heterocycles. The Morgan fingerprint density at radius 1 is 1.41 bits per heavy atom. The van der Waals surface area contributed by atoms with Crippen LogP contribution in [0.1, 0.15) is 18.1 Å². The zero-order chi connectivity index (χ0) is 12.8. The molecule has 17 heavy (non-hydrogen) atoms. The highest BCUT2D eigenvalue weighted by Gasteiger charge is 2.09. The van der Waals surface area contributed by atoms with Gasteiger partial charge >= 0.3 is 5.97 Å². The lowest BCUT2D eigenvalue weighted by Crippen LogP contribution is -2.08. The zero-order valence-corrected chi connectivity index (χ0v) is 11.4. The molecule has 1 rings (SSSR count). The van der Waals surface area contributed by atoms with E-state index in [1.807, 2.05) is 0 Å². The third-order valence-electron chi connectivity index (χ3n) is 2.31. The number of rotatable bonds is 5. The minimum absolute atomic E-state index is 0.301. The smallest absolute Gasteiger partial charge is 0.334 e. The predicted molar refractivity (Wildman–Crippen MR) is 72.4 cm³/mol. The van der Waals surface area contributed by atoms with Gasteiger partial charge in [-0.05, 0) is 32.4 Å². The van der Waals surface area contributed by atoms with Gasteiger partial charge in [0.15, 0.2) is 0 Å². The molecule has 0 unspecified atom stereocenters. The SMILES string of the molecule is C=C(CSc1cc(C)ccc1C)C(=O)OCC. The van der Waals surface area contributed by atoms with Gasteiger partial charge in [0.05, 0.1) is 6.61 Å². The lowest BCUT2D eigenvalue weighted by Gasteiger charge is -2.08. The number of esters is 1. The second-order valence-electron chi connectivity index (χ2n) is 3.88. The summed E-state index contributed by atoms with van der Waals surface area (Å²) in [5.41, 5.74) is 2.95. The van der Waals surface area contributed by atoms with Crippen LogP contribution in [0, 0.1) is 13.8 Å². The third kappa shape index (κ3) is 4.27. The van der Waals surface area contributed by atoms with E-state index in [-0.39, 0.29) is 5.97 Å². The summed E-state index contributed by atoms with van der Waals surface area (Å²) >= 11 is 1.62. The fourth-order valence-electron chi connectivity index (χ4n) is 1.32. The number of aryl methyl sites for hydroxylation is 2. The molecule has 1 aromatic rings. The fraction of sp³-hybridized carbons (Fsp3) is 0.357. The van der Waals surface area contributed by atoms with Gasteiger partial charge in [0.2, 0.25) is 0 Å². The van der Waals surface area contributed by atoms with Gasteiger partial charge in [0.25, 0.3) is 0 Å². The Morgan fingerprint density at radius 2 is 2.12 bits per heavy atom. The van der Waals surface area contributed by atoms with E-state index < -0.39 is 0 Å². The summed E-state index contributed by atoms with van der Waals surface area (Å²) in [5.74, 6) is 0.272. The Bertz CT molecular complexity index is 424. The molecule has 1 aromatic carbocycles. The molecule has 0 saturated heterocycles. The molecule has 0 amide bonds. The summed E-state index contributed by atoms with van der Waals surface area (Å²) < 4.78 is 4.89. The summed E-state index contributed by atoms with van der Waals surface area (Å²) in [6, 6.07) is 6.29. The average molecular weight is 250 g/mol. The van der Waals surface area contributed by atoms with E-state index in [2.05, 4.69) is 38.6 Å². The van der Waals surface area contributed by atoms with Crippen LogP contribution in [0.5, 0.6) is 0 Å². The second-order valence-corrected chi connectivity index (χ2v) is 4.90. The van der Waals surface area contributed by atoms with Gasteiger partial charge in [0.1, 0.15) is 0 Å². The molecular formula is C14H18O2S. The van der Waals surface area contributed by atoms with Crippen molar-refractivity contribution < 1.29 is 9.53 Å². The van der Waals surface area contributed by atoms with Crippen molar-refractivity contribution in [3.05, 3.63) is 41.5 Å². The van der Waals surface area contributed by atoms with Crippen LogP contribution in [-0.4, -0.2) is 18.3 Å². The van der Waals surface area contributed by atoms with Crippen molar-refractivity contribution in [2.24, 2.45) is 0 Å². The first-order valence-electron chi connectivity index (χ1n) is 5.59. The topological polar surface area (TPSA) is 26.3 Å². The number of benzene rings is 1. The predicted octanol–water partition coefficient (Wildman–Crippen LogP) is 3.51. The molecule has 0 heterocycles. The number of thioether (sulfide) groups is 1. The first kappa shape index (κ1) is 13.8. The molecule has 0 aliphatic rings. The summed E-state index contributed by atoms with van der Waals surface area (Å²) in [4.78, 5) is 12.6. The molecule has 0 aliphatic carbocycles. The van der Waals surface area contributed by atoms with Crippen LogP contribution in [0.25, 0.3) is 0 Å². The molecule has 0 saturated carbocycles. The van der Waals surface area contributed by atoms with Crippen LogP contribution in [0.2, 0.25) is 0 Å². The summed E-state index contributed by atoms with van der Waals surface area (Å²) in [6.07, 6.45) is 0. The highest BCUT2D eigenvalue weighted by Crippen LogP contribution is 2.25. The van der Waals surface area contributed by atoms with Crippen molar-refractivity contribution in [1.29, 1.82) is 0 Å². The Labute approximate surface area is 107 Å². The fourth-order valence-corrected chi connectivity index (χ4v) is 2.33. The molecule has 2 nitrogen and oxygen atoms in total. The lowest BCUT2D eigenvalue weighted by molar-refractivity contribution is -0.138. The highest BCUT2D eigenvalue weighted by molar-refractivity contribution is 7.99. The molecule has 0 fully saturated rings. The quantitative estimate of drug-likeness (QED) is 0.454. The van der Waals surface area contributed by atoms with E-state index in [4.69, 9.17) is 4.74 Å². The van der Waals surface area contributed by atoms with Crippen molar-refractivity contribution in [2.75, 3.05) is 12.4 Å². The number of ether oxygens (including phenoxy) is 1. The second kappa shape index (κ2) is 6.50. The molecule has 0 atom stereocenters. The minimum atomic E-state index is -0.301. The van der Waals surface area contributed by atoms with Gasteiger partial charge in [-0.2, -0.15) is 0 Å². The Morgan fingerprint density at radius 3 is 2.76 bits per heavy atom. The van der Waals surface area contributed by atoms with Crippen LogP contribution < -0.4 is 0 Å². The maximum absolute atomic E-state index is 11.4. The number of carbonyl (C=O) groups excluding carboxylic acids is 1. The van der Waals surface area contributed by atoms with Crippen LogP contribution >= 0.6 is 11.8 Å². The van der Waals surface area contributed by atoms with Crippen molar-refractivity contribution in [1.82, 2.24) is 0 Å². The zero-order valence-electron chi connectivity index (χ0n) is 10.6. The molecule has 92 valence electrons. The van der Waals surface area contributed by atoms with Crippen LogP contribution in [-0.2, 0) is 9.53 Å². The van der Waals surface area contributed by atoms with Crippen LogP contribution in [0.15, 0.2) is 35.2 Å². The monoisotopic (exact) mass is 250 g/mol. The standard InChI is InChI=1S/C14H18O2S/c1-5-16-14(15)12(4)9-17-13-8-10(2)6-7-11(13)3/h6-8H,4-5,9H2,1-3H3. The van der Waals surface area contributed by atoms with Gasteiger partial charge < -0.3 is 4.74 Å². The van der Waals surface area contributed by atoms with Crippen molar-refractivity contribution in [3.63, 3.8) is 0 Å². The van der Waals surface area contributed by atoms with E-state index in [1.165, 1.54) is 16.0 Å². The van der Waals surface area contributed by atoms with Crippen LogP contribution in [0.4, 0.5) is 0 Å². The molecule has 3 heteroatoms. The molecule has 0 aliphatic heterocycles. The summed E-state index contributed by atoms with van der Waals surface area (Å²) in [6.45, 7) is 10.1. The van der Waals surface area contributed by atoms with Gasteiger partial charge in [-0.15, -0.1) is 11.8 Å². The van der Waals surface area contributed by atoms with Crippen molar-refractivity contribution >= 4 is 17.7 Å². The maximum Gasteiger partial charge on any atom is 0.334 e. The highest BCUT2D eigenvalue weighted by atomic mass is 32.2. The third-order valence-corrected chi connectivity index (χ3v) is 3.55. The normalized spacial score (nSPS) is 10.1. The Hall–Kier alpha value is -1.22. The summed E-state index contributed by atoms with van der Waals surface area (Å²) in [7, 11) is 0. The van der Waals surface area contributed by atoms with Crippen LogP contribution in [0.3, 0.4) is 0 Å².